The molecule has 0 aliphatic heterocycles. The van der Waals surface area contributed by atoms with Gasteiger partial charge in [-0.2, -0.15) is 0 Å². The van der Waals surface area contributed by atoms with E-state index in [9.17, 15) is 4.57 Å². The Morgan fingerprint density at radius 1 is 1.05 bits per heavy atom. The van der Waals surface area contributed by atoms with E-state index in [0.29, 0.717) is 38.4 Å². The van der Waals surface area contributed by atoms with Crippen LogP contribution in [0.1, 0.15) is 52.9 Å². The van der Waals surface area contributed by atoms with Crippen LogP contribution in [-0.4, -0.2) is 38.6 Å². The first-order valence-corrected chi connectivity index (χ1v) is 10.7. The zero-order valence-corrected chi connectivity index (χ0v) is 15.4. The third-order valence-electron chi connectivity index (χ3n) is 4.40. The van der Waals surface area contributed by atoms with Crippen molar-refractivity contribution in [2.45, 2.75) is 58.9 Å². The molecule has 132 valence electrons. The van der Waals surface area contributed by atoms with E-state index in [2.05, 4.69) is 0 Å². The van der Waals surface area contributed by atoms with Gasteiger partial charge in [0.25, 0.3) is 7.37 Å². The molecule has 1 rings (SSSR count). The van der Waals surface area contributed by atoms with Gasteiger partial charge in [0.15, 0.2) is 0 Å². The molecule has 1 aliphatic rings. The van der Waals surface area contributed by atoms with E-state index in [-0.39, 0.29) is 5.92 Å². The molecule has 0 amide bonds. The second-order valence-electron chi connectivity index (χ2n) is 5.94. The number of rotatable bonds is 11. The number of nitrogens with two attached hydrogens (primary N) is 1. The highest BCUT2D eigenvalue weighted by Crippen LogP contribution is 2.55. The van der Waals surface area contributed by atoms with E-state index in [1.54, 1.807) is 0 Å². The fourth-order valence-electron chi connectivity index (χ4n) is 3.33. The summed E-state index contributed by atoms with van der Waals surface area (Å²) >= 11 is 0. The summed E-state index contributed by atoms with van der Waals surface area (Å²) in [6, 6.07) is -0.764. The third kappa shape index (κ3) is 5.93. The summed E-state index contributed by atoms with van der Waals surface area (Å²) < 4.78 is 30.2. The maximum absolute atomic E-state index is 13.4. The Morgan fingerprint density at radius 2 is 1.64 bits per heavy atom. The van der Waals surface area contributed by atoms with Crippen LogP contribution in [-0.2, 0) is 18.6 Å². The van der Waals surface area contributed by atoms with Gasteiger partial charge in [0.05, 0.1) is 6.61 Å². The summed E-state index contributed by atoms with van der Waals surface area (Å²) in [5, 5.41) is 0. The normalized spacial score (nSPS) is 21.0. The summed E-state index contributed by atoms with van der Waals surface area (Å²) in [6.45, 7) is 7.48. The van der Waals surface area contributed by atoms with Crippen LogP contribution in [0.15, 0.2) is 0 Å². The highest BCUT2D eigenvalue weighted by atomic mass is 31.2. The van der Waals surface area contributed by atoms with Crippen LogP contribution in [0.5, 0.6) is 0 Å². The Balaban J connectivity index is 2.83. The topological polar surface area (TPSA) is 70.8 Å². The van der Waals surface area contributed by atoms with E-state index < -0.39 is 13.4 Å². The van der Waals surface area contributed by atoms with Crippen LogP contribution in [0, 0.1) is 11.8 Å². The van der Waals surface area contributed by atoms with Gasteiger partial charge in [-0.25, -0.2) is 0 Å². The first-order valence-electron chi connectivity index (χ1n) is 8.77. The first-order chi connectivity index (χ1) is 10.6. The molecular formula is C16H34NO4P. The molecule has 5 nitrogen and oxygen atoms in total. The van der Waals surface area contributed by atoms with Crippen LogP contribution < -0.4 is 5.73 Å². The van der Waals surface area contributed by atoms with Crippen molar-refractivity contribution in [2.24, 2.45) is 17.6 Å². The van der Waals surface area contributed by atoms with Crippen molar-refractivity contribution in [1.29, 1.82) is 0 Å². The van der Waals surface area contributed by atoms with Gasteiger partial charge >= 0.3 is 0 Å². The SMILES string of the molecule is CCOC(OCC)P(=O)(CC(CN)C1CCCCC1)OCC. The van der Waals surface area contributed by atoms with Crippen molar-refractivity contribution in [2.75, 3.05) is 32.5 Å². The number of hydrogen-bond donors (Lipinski definition) is 1. The van der Waals surface area contributed by atoms with Crippen molar-refractivity contribution in [3.63, 3.8) is 0 Å². The van der Waals surface area contributed by atoms with Gasteiger partial charge in [-0.05, 0) is 39.2 Å². The Bertz CT molecular complexity index is 328. The van der Waals surface area contributed by atoms with Crippen LogP contribution in [0.4, 0.5) is 0 Å². The summed E-state index contributed by atoms with van der Waals surface area (Å²) in [6.07, 6.45) is 6.63. The Kier molecular flexibility index (Phi) is 9.85. The Hall–Kier alpha value is 0.0700. The van der Waals surface area contributed by atoms with Gasteiger partial charge in [0.2, 0.25) is 6.03 Å². The second kappa shape index (κ2) is 10.8. The fraction of sp³-hybridized carbons (Fsp3) is 1.00. The van der Waals surface area contributed by atoms with E-state index >= 15 is 0 Å². The number of hydrogen-bond acceptors (Lipinski definition) is 5. The highest BCUT2D eigenvalue weighted by Gasteiger charge is 2.39. The number of ether oxygens (including phenoxy) is 2. The maximum Gasteiger partial charge on any atom is 0.257 e. The smallest absolute Gasteiger partial charge is 0.257 e. The molecule has 0 radical (unpaired) electrons. The minimum absolute atomic E-state index is 0.223. The van der Waals surface area contributed by atoms with E-state index in [0.717, 1.165) is 0 Å². The molecule has 0 bridgehead atoms. The largest absolute Gasteiger partial charge is 0.345 e. The van der Waals surface area contributed by atoms with Crippen molar-refractivity contribution in [3.05, 3.63) is 0 Å². The molecule has 1 saturated carbocycles. The van der Waals surface area contributed by atoms with E-state index in [4.69, 9.17) is 19.7 Å². The lowest BCUT2D eigenvalue weighted by molar-refractivity contribution is -0.0892. The predicted molar refractivity (Wildman–Crippen MR) is 90.3 cm³/mol. The minimum Gasteiger partial charge on any atom is -0.345 e. The summed E-state index contributed by atoms with van der Waals surface area (Å²) in [7, 11) is -3.03. The van der Waals surface area contributed by atoms with Gasteiger partial charge in [-0.15, -0.1) is 0 Å². The second-order valence-corrected chi connectivity index (χ2v) is 8.44. The zero-order chi connectivity index (χ0) is 16.4. The van der Waals surface area contributed by atoms with Crippen molar-refractivity contribution in [3.8, 4) is 0 Å². The van der Waals surface area contributed by atoms with Crippen molar-refractivity contribution in [1.82, 2.24) is 0 Å². The van der Waals surface area contributed by atoms with E-state index in [1.165, 1.54) is 32.1 Å². The van der Waals surface area contributed by atoms with Crippen molar-refractivity contribution < 1.29 is 18.6 Å². The van der Waals surface area contributed by atoms with Gasteiger partial charge in [0, 0.05) is 19.4 Å². The third-order valence-corrected chi connectivity index (χ3v) is 7.01. The van der Waals surface area contributed by atoms with Crippen LogP contribution in [0.2, 0.25) is 0 Å². The monoisotopic (exact) mass is 335 g/mol. The van der Waals surface area contributed by atoms with Crippen LogP contribution in [0.25, 0.3) is 0 Å². The molecule has 6 heteroatoms. The molecule has 2 atom stereocenters. The molecule has 1 aliphatic carbocycles. The van der Waals surface area contributed by atoms with Gasteiger partial charge in [-0.3, -0.25) is 4.57 Å². The van der Waals surface area contributed by atoms with Gasteiger partial charge in [-0.1, -0.05) is 32.1 Å². The average molecular weight is 335 g/mol. The quantitative estimate of drug-likeness (QED) is 0.459. The van der Waals surface area contributed by atoms with Gasteiger partial charge < -0.3 is 19.7 Å². The molecule has 0 saturated heterocycles. The highest BCUT2D eigenvalue weighted by molar-refractivity contribution is 7.59. The molecule has 0 heterocycles. The molecule has 0 spiro atoms. The minimum atomic E-state index is -3.03. The Labute approximate surface area is 135 Å². The zero-order valence-electron chi connectivity index (χ0n) is 14.5. The van der Waals surface area contributed by atoms with E-state index in [1.807, 2.05) is 20.8 Å². The maximum atomic E-state index is 13.4. The molecule has 0 aromatic carbocycles. The lowest BCUT2D eigenvalue weighted by atomic mass is 9.81. The standard InChI is InChI=1S/C16H34NO4P/c1-4-19-16(20-5-2)22(18,21-6-3)13-15(12-17)14-10-8-7-9-11-14/h14-16H,4-13,17H2,1-3H3. The molecule has 0 aromatic heterocycles. The molecule has 0 aromatic rings. The molecule has 2 unspecified atom stereocenters. The van der Waals surface area contributed by atoms with Crippen molar-refractivity contribution >= 4 is 7.37 Å². The molecule has 22 heavy (non-hydrogen) atoms. The first kappa shape index (κ1) is 20.1. The summed E-state index contributed by atoms with van der Waals surface area (Å²) in [5.74, 6) is 0.775. The predicted octanol–water partition coefficient (Wildman–Crippen LogP) is 3.81. The van der Waals surface area contributed by atoms with Crippen LogP contribution >= 0.6 is 7.37 Å². The lowest BCUT2D eigenvalue weighted by Crippen LogP contribution is -2.32. The molecule has 2 N–H and O–H groups in total. The summed E-state index contributed by atoms with van der Waals surface area (Å²) in [4.78, 5) is 0. The average Bonchev–Trinajstić information content (AvgIpc) is 2.53. The molecule has 1 fully saturated rings. The lowest BCUT2D eigenvalue weighted by Gasteiger charge is -2.34. The van der Waals surface area contributed by atoms with Crippen LogP contribution in [0.3, 0.4) is 0 Å². The summed E-state index contributed by atoms with van der Waals surface area (Å²) in [5.41, 5.74) is 6.00. The molecular weight excluding hydrogens is 301 g/mol. The van der Waals surface area contributed by atoms with Gasteiger partial charge in [0.1, 0.15) is 0 Å². The Morgan fingerprint density at radius 3 is 2.09 bits per heavy atom. The fourth-order valence-corrected chi connectivity index (χ4v) is 6.02.